The fourth-order valence-corrected chi connectivity index (χ4v) is 2.01. The number of rotatable bonds is 6. The van der Waals surface area contributed by atoms with E-state index in [9.17, 15) is 9.50 Å². The van der Waals surface area contributed by atoms with Crippen molar-refractivity contribution >= 4 is 0 Å². The zero-order valence-corrected chi connectivity index (χ0v) is 11.1. The van der Waals surface area contributed by atoms with Crippen LogP contribution in [0.3, 0.4) is 0 Å². The third kappa shape index (κ3) is 3.56. The Labute approximate surface area is 117 Å². The normalized spacial score (nSPS) is 13.8. The SMILES string of the molecule is NCC(O)(CCOc1cccc(F)c1)c1ccccc1. The predicted molar refractivity (Wildman–Crippen MR) is 75.9 cm³/mol. The van der Waals surface area contributed by atoms with E-state index >= 15 is 0 Å². The molecule has 0 saturated carbocycles. The van der Waals surface area contributed by atoms with Gasteiger partial charge in [0.15, 0.2) is 0 Å². The molecule has 2 rings (SSSR count). The summed E-state index contributed by atoms with van der Waals surface area (Å²) >= 11 is 0. The summed E-state index contributed by atoms with van der Waals surface area (Å²) in [5.74, 6) is 0.0945. The van der Waals surface area contributed by atoms with Gasteiger partial charge in [-0.25, -0.2) is 4.39 Å². The number of halogens is 1. The lowest BCUT2D eigenvalue weighted by Crippen LogP contribution is -2.36. The second-order valence-electron chi connectivity index (χ2n) is 4.66. The molecule has 0 bridgehead atoms. The fourth-order valence-electron chi connectivity index (χ4n) is 2.01. The molecule has 0 aliphatic rings. The van der Waals surface area contributed by atoms with E-state index in [0.717, 1.165) is 5.56 Å². The molecular formula is C16H18FNO2. The van der Waals surface area contributed by atoms with Crippen LogP contribution in [0.25, 0.3) is 0 Å². The first-order chi connectivity index (χ1) is 9.64. The topological polar surface area (TPSA) is 55.5 Å². The number of benzene rings is 2. The first kappa shape index (κ1) is 14.5. The minimum Gasteiger partial charge on any atom is -0.493 e. The summed E-state index contributed by atoms with van der Waals surface area (Å²) in [5.41, 5.74) is 5.30. The van der Waals surface area contributed by atoms with Gasteiger partial charge in [-0.1, -0.05) is 36.4 Å². The molecule has 3 N–H and O–H groups in total. The summed E-state index contributed by atoms with van der Waals surface area (Å²) in [5, 5.41) is 10.5. The van der Waals surface area contributed by atoms with E-state index < -0.39 is 5.60 Å². The molecule has 3 nitrogen and oxygen atoms in total. The van der Waals surface area contributed by atoms with E-state index in [1.54, 1.807) is 12.1 Å². The summed E-state index contributed by atoms with van der Waals surface area (Å²) in [4.78, 5) is 0. The first-order valence-corrected chi connectivity index (χ1v) is 6.50. The maximum atomic E-state index is 13.0. The van der Waals surface area contributed by atoms with Crippen LogP contribution in [0.15, 0.2) is 54.6 Å². The Morgan fingerprint density at radius 2 is 1.85 bits per heavy atom. The third-order valence-corrected chi connectivity index (χ3v) is 3.23. The molecule has 0 heterocycles. The average molecular weight is 275 g/mol. The van der Waals surface area contributed by atoms with E-state index in [0.29, 0.717) is 12.2 Å². The lowest BCUT2D eigenvalue weighted by molar-refractivity contribution is 0.0233. The summed E-state index contributed by atoms with van der Waals surface area (Å²) in [6.45, 7) is 0.357. The molecule has 106 valence electrons. The molecule has 1 atom stereocenters. The van der Waals surface area contributed by atoms with E-state index in [-0.39, 0.29) is 19.0 Å². The Bertz CT molecular complexity index is 547. The van der Waals surface area contributed by atoms with E-state index in [1.165, 1.54) is 12.1 Å². The zero-order chi connectivity index (χ0) is 14.4. The van der Waals surface area contributed by atoms with Crippen LogP contribution in [0.2, 0.25) is 0 Å². The number of ether oxygens (including phenoxy) is 1. The molecule has 0 aromatic heterocycles. The maximum absolute atomic E-state index is 13.0. The Balaban J connectivity index is 1.98. The molecular weight excluding hydrogens is 257 g/mol. The monoisotopic (exact) mass is 275 g/mol. The standard InChI is InChI=1S/C16H18FNO2/c17-14-7-4-8-15(11-14)20-10-9-16(19,12-18)13-5-2-1-3-6-13/h1-8,11,19H,9-10,12,18H2. The molecule has 2 aromatic rings. The summed E-state index contributed by atoms with van der Waals surface area (Å²) in [6.07, 6.45) is 0.337. The van der Waals surface area contributed by atoms with E-state index in [1.807, 2.05) is 30.3 Å². The molecule has 0 aliphatic carbocycles. The van der Waals surface area contributed by atoms with Gasteiger partial charge in [0.05, 0.1) is 6.61 Å². The van der Waals surface area contributed by atoms with Crippen molar-refractivity contribution in [3.8, 4) is 5.75 Å². The average Bonchev–Trinajstić information content (AvgIpc) is 2.48. The van der Waals surface area contributed by atoms with Crippen molar-refractivity contribution in [3.63, 3.8) is 0 Å². The smallest absolute Gasteiger partial charge is 0.126 e. The Hall–Kier alpha value is -1.91. The minimum atomic E-state index is -1.13. The second kappa shape index (κ2) is 6.50. The molecule has 0 saturated heterocycles. The van der Waals surface area contributed by atoms with Gasteiger partial charge in [0.2, 0.25) is 0 Å². The molecule has 2 aromatic carbocycles. The summed E-state index contributed by atoms with van der Waals surface area (Å²) < 4.78 is 18.5. The van der Waals surface area contributed by atoms with Crippen molar-refractivity contribution < 1.29 is 14.2 Å². The largest absolute Gasteiger partial charge is 0.493 e. The number of hydrogen-bond acceptors (Lipinski definition) is 3. The second-order valence-corrected chi connectivity index (χ2v) is 4.66. The maximum Gasteiger partial charge on any atom is 0.126 e. The van der Waals surface area contributed by atoms with Crippen LogP contribution >= 0.6 is 0 Å². The van der Waals surface area contributed by atoms with Gasteiger partial charge in [0.25, 0.3) is 0 Å². The van der Waals surface area contributed by atoms with E-state index in [2.05, 4.69) is 0 Å². The van der Waals surface area contributed by atoms with Gasteiger partial charge < -0.3 is 15.6 Å². The van der Waals surface area contributed by atoms with Crippen LogP contribution in [0, 0.1) is 5.82 Å². The highest BCUT2D eigenvalue weighted by molar-refractivity contribution is 5.24. The Morgan fingerprint density at radius 3 is 2.50 bits per heavy atom. The highest BCUT2D eigenvalue weighted by Crippen LogP contribution is 2.24. The lowest BCUT2D eigenvalue weighted by Gasteiger charge is -2.27. The highest BCUT2D eigenvalue weighted by atomic mass is 19.1. The van der Waals surface area contributed by atoms with Crippen LogP contribution in [0.5, 0.6) is 5.75 Å². The minimum absolute atomic E-state index is 0.101. The van der Waals surface area contributed by atoms with Crippen molar-refractivity contribution in [1.29, 1.82) is 0 Å². The van der Waals surface area contributed by atoms with Gasteiger partial charge in [-0.3, -0.25) is 0 Å². The highest BCUT2D eigenvalue weighted by Gasteiger charge is 2.27. The number of nitrogens with two attached hydrogens (primary N) is 1. The van der Waals surface area contributed by atoms with Crippen LogP contribution in [0.4, 0.5) is 4.39 Å². The molecule has 0 fully saturated rings. The zero-order valence-electron chi connectivity index (χ0n) is 11.1. The van der Waals surface area contributed by atoms with Gasteiger partial charge >= 0.3 is 0 Å². The predicted octanol–water partition coefficient (Wildman–Crippen LogP) is 2.44. The number of aliphatic hydroxyl groups is 1. The van der Waals surface area contributed by atoms with Gasteiger partial charge in [0, 0.05) is 19.0 Å². The molecule has 0 spiro atoms. The summed E-state index contributed by atoms with van der Waals surface area (Å²) in [7, 11) is 0. The van der Waals surface area contributed by atoms with E-state index in [4.69, 9.17) is 10.5 Å². The van der Waals surface area contributed by atoms with Crippen molar-refractivity contribution in [2.75, 3.05) is 13.2 Å². The van der Waals surface area contributed by atoms with Crippen LogP contribution in [-0.2, 0) is 5.60 Å². The molecule has 4 heteroatoms. The van der Waals surface area contributed by atoms with Crippen molar-refractivity contribution in [3.05, 3.63) is 66.0 Å². The third-order valence-electron chi connectivity index (χ3n) is 3.23. The van der Waals surface area contributed by atoms with Gasteiger partial charge in [-0.2, -0.15) is 0 Å². The first-order valence-electron chi connectivity index (χ1n) is 6.50. The fraction of sp³-hybridized carbons (Fsp3) is 0.250. The van der Waals surface area contributed by atoms with Gasteiger partial charge in [-0.05, 0) is 17.7 Å². The van der Waals surface area contributed by atoms with Crippen molar-refractivity contribution in [2.24, 2.45) is 5.73 Å². The van der Waals surface area contributed by atoms with Crippen molar-refractivity contribution in [2.45, 2.75) is 12.0 Å². The molecule has 0 aliphatic heterocycles. The molecule has 1 unspecified atom stereocenters. The lowest BCUT2D eigenvalue weighted by atomic mass is 9.91. The van der Waals surface area contributed by atoms with Crippen LogP contribution in [-0.4, -0.2) is 18.3 Å². The molecule has 0 amide bonds. The molecule has 20 heavy (non-hydrogen) atoms. The quantitative estimate of drug-likeness (QED) is 0.851. The Kier molecular flexibility index (Phi) is 4.71. The van der Waals surface area contributed by atoms with Crippen molar-refractivity contribution in [1.82, 2.24) is 0 Å². The van der Waals surface area contributed by atoms with Crippen LogP contribution < -0.4 is 10.5 Å². The Morgan fingerprint density at radius 1 is 1.10 bits per heavy atom. The van der Waals surface area contributed by atoms with Gasteiger partial charge in [-0.15, -0.1) is 0 Å². The number of hydrogen-bond donors (Lipinski definition) is 2. The van der Waals surface area contributed by atoms with Crippen LogP contribution in [0.1, 0.15) is 12.0 Å². The van der Waals surface area contributed by atoms with Gasteiger partial charge in [0.1, 0.15) is 17.2 Å². The summed E-state index contributed by atoms with van der Waals surface area (Å²) in [6, 6.07) is 15.2. The molecule has 0 radical (unpaired) electrons.